The van der Waals surface area contributed by atoms with Gasteiger partial charge in [-0.25, -0.2) is 0 Å². The zero-order chi connectivity index (χ0) is 4.50. The van der Waals surface area contributed by atoms with Crippen molar-refractivity contribution in [3.63, 3.8) is 0 Å². The van der Waals surface area contributed by atoms with Crippen LogP contribution in [0.1, 0.15) is 0 Å². The van der Waals surface area contributed by atoms with E-state index in [9.17, 15) is 8.42 Å². The topological polar surface area (TPSA) is 54.4 Å². The van der Waals surface area contributed by atoms with Gasteiger partial charge in [-0.3, -0.25) is 0 Å². The summed E-state index contributed by atoms with van der Waals surface area (Å²) in [5, 5.41) is 0. The van der Waals surface area contributed by atoms with Gasteiger partial charge in [0, 0.05) is 19.5 Å². The molecule has 6 heavy (non-hydrogen) atoms. The molecule has 0 aromatic heterocycles. The van der Waals surface area contributed by atoms with Gasteiger partial charge < -0.3 is 0 Å². The summed E-state index contributed by atoms with van der Waals surface area (Å²) in [6, 6.07) is 0. The molecule has 0 unspecified atom stereocenters. The monoisotopic (exact) mass is 209 g/mol. The second kappa shape index (κ2) is 3.20. The summed E-state index contributed by atoms with van der Waals surface area (Å²) < 4.78 is 26.0. The van der Waals surface area contributed by atoms with E-state index in [4.69, 9.17) is 4.55 Å². The average Bonchev–Trinajstić information content (AvgIpc) is 0.722. The minimum Gasteiger partial charge on any atom is 0 e. The van der Waals surface area contributed by atoms with Gasteiger partial charge in [0.15, 0.2) is 0 Å². The molecule has 0 saturated carbocycles. The predicted octanol–water partition coefficient (Wildman–Crippen LogP) is -0.666. The third-order valence-corrected chi connectivity index (χ3v) is 0. The van der Waals surface area contributed by atoms with Crippen LogP contribution in [0, 0.1) is 0 Å². The predicted molar refractivity (Wildman–Crippen MR) is 11.5 cm³/mol. The first-order valence-electron chi connectivity index (χ1n) is 0.805. The van der Waals surface area contributed by atoms with Crippen LogP contribution in [0.2, 0.25) is 0 Å². The van der Waals surface area contributed by atoms with Gasteiger partial charge in [0.05, 0.1) is 0 Å². The number of hydrogen-bond acceptors (Lipinski definition) is 2. The molecule has 6 heteroatoms. The molecule has 0 saturated heterocycles. The maximum Gasteiger partial charge on any atom is 0 e. The maximum atomic E-state index is 9.24. The van der Waals surface area contributed by atoms with Crippen LogP contribution in [0.15, 0.2) is 0 Å². The molecule has 0 heterocycles. The van der Waals surface area contributed by atoms with Crippen molar-refractivity contribution in [2.45, 2.75) is 0 Å². The summed E-state index contributed by atoms with van der Waals surface area (Å²) in [5.74, 6) is 0. The van der Waals surface area contributed by atoms with Gasteiger partial charge in [-0.15, -0.1) is 0 Å². The Bertz CT molecular complexity index is 92.0. The van der Waals surface area contributed by atoms with Crippen molar-refractivity contribution >= 4 is 8.11 Å². The van der Waals surface area contributed by atoms with Crippen LogP contribution in [-0.4, -0.2) is 13.0 Å². The van der Waals surface area contributed by atoms with Crippen molar-refractivity contribution in [2.75, 3.05) is 0 Å². The first-order valence-corrected chi connectivity index (χ1v) is 6.05. The Balaban J connectivity index is 0. The Morgan fingerprint density at radius 2 is 1.50 bits per heavy atom. The Morgan fingerprint density at radius 1 is 1.50 bits per heavy atom. The molecule has 0 aliphatic rings. The van der Waals surface area contributed by atoms with Crippen LogP contribution in [-0.2, 0) is 44.7 Å². The molecule has 0 amide bonds. The zero-order valence-electron chi connectivity index (χ0n) is 3.09. The third kappa shape index (κ3) is 66.6. The van der Waals surface area contributed by atoms with Crippen LogP contribution >= 0.6 is 0 Å². The van der Waals surface area contributed by atoms with Crippen molar-refractivity contribution in [3.05, 3.63) is 0 Å². The van der Waals surface area contributed by atoms with E-state index in [0.29, 0.717) is 0 Å². The van der Waals surface area contributed by atoms with Gasteiger partial charge in [0.1, 0.15) is 0 Å². The number of hydrogen-bond donors (Lipinski definition) is 1. The van der Waals surface area contributed by atoms with Crippen molar-refractivity contribution in [2.24, 2.45) is 0 Å². The van der Waals surface area contributed by atoms with Crippen LogP contribution < -0.4 is 0 Å². The summed E-state index contributed by atoms with van der Waals surface area (Å²) in [6.07, 6.45) is 0. The molecule has 29 valence electrons. The first kappa shape index (κ1) is 10.2. The van der Waals surface area contributed by atoms with Crippen LogP contribution in [0.25, 0.3) is 0 Å². The molecule has 0 aliphatic carbocycles. The SMILES string of the molecule is O=[S](=O)(O)[Zn].[Zn]. The molecule has 0 spiro atoms. The second-order valence-corrected chi connectivity index (χ2v) is 6.34. The molecule has 1 N–H and O–H groups in total. The van der Waals surface area contributed by atoms with Gasteiger partial charge in [-0.1, -0.05) is 0 Å². The Labute approximate surface area is 57.5 Å². The standard InChI is InChI=1S/HO3S.2Zn/c1-4(2)3;;/h(H,1,2,3);;. The Hall–Kier alpha value is 1.16. The summed E-state index contributed by atoms with van der Waals surface area (Å²) in [6.45, 7) is 0. The van der Waals surface area contributed by atoms with Crippen LogP contribution in [0.4, 0.5) is 0 Å². The van der Waals surface area contributed by atoms with Gasteiger partial charge >= 0.3 is 38.2 Å². The van der Waals surface area contributed by atoms with Crippen molar-refractivity contribution < 1.29 is 49.5 Å². The molecule has 0 bridgehead atoms. The smallest absolute Gasteiger partial charge is 0 e. The summed E-state index contributed by atoms with van der Waals surface area (Å²) in [7, 11) is -3.54. The van der Waals surface area contributed by atoms with E-state index >= 15 is 0 Å². The van der Waals surface area contributed by atoms with Gasteiger partial charge in [0.2, 0.25) is 0 Å². The van der Waals surface area contributed by atoms with E-state index in [1.807, 2.05) is 0 Å². The van der Waals surface area contributed by atoms with Crippen molar-refractivity contribution in [3.8, 4) is 0 Å². The molecule has 0 rings (SSSR count). The molecular weight excluding hydrogens is 211 g/mol. The van der Waals surface area contributed by atoms with Crippen LogP contribution in [0.3, 0.4) is 0 Å². The maximum absolute atomic E-state index is 9.24. The van der Waals surface area contributed by atoms with Gasteiger partial charge in [0.25, 0.3) is 0 Å². The van der Waals surface area contributed by atoms with E-state index in [1.165, 1.54) is 0 Å². The van der Waals surface area contributed by atoms with E-state index in [-0.39, 0.29) is 36.6 Å². The third-order valence-electron chi connectivity index (χ3n) is 0. The molecular formula is HO3SZn2. The summed E-state index contributed by atoms with van der Waals surface area (Å²) in [5.41, 5.74) is 0. The summed E-state index contributed by atoms with van der Waals surface area (Å²) in [4.78, 5) is 0. The zero-order valence-corrected chi connectivity index (χ0v) is 9.84. The largest absolute Gasteiger partial charge is 0 e. The van der Waals surface area contributed by atoms with Crippen molar-refractivity contribution in [1.29, 1.82) is 0 Å². The fourth-order valence-electron chi connectivity index (χ4n) is 0. The van der Waals surface area contributed by atoms with Gasteiger partial charge in [-0.2, -0.15) is 0 Å². The summed E-state index contributed by atoms with van der Waals surface area (Å²) >= 11 is -0.0764. The van der Waals surface area contributed by atoms with Crippen LogP contribution in [0.5, 0.6) is 0 Å². The minimum absolute atomic E-state index is 0. The average molecular weight is 212 g/mol. The molecule has 0 fully saturated rings. The normalized spacial score (nSPS) is 9.83. The molecule has 0 atom stereocenters. The molecule has 0 aromatic rings. The molecule has 0 aliphatic heterocycles. The quantitative estimate of drug-likeness (QED) is 0.428. The first-order chi connectivity index (χ1) is 2.00. The van der Waals surface area contributed by atoms with E-state index < -0.39 is 8.11 Å². The minimum atomic E-state index is -3.54. The molecule has 0 radical (unpaired) electrons. The van der Waals surface area contributed by atoms with E-state index in [0.717, 1.165) is 0 Å². The van der Waals surface area contributed by atoms with Crippen molar-refractivity contribution in [1.82, 2.24) is 0 Å². The molecule has 3 nitrogen and oxygen atoms in total. The molecule has 0 aromatic carbocycles. The van der Waals surface area contributed by atoms with Gasteiger partial charge in [-0.05, 0) is 0 Å². The Morgan fingerprint density at radius 3 is 1.50 bits per heavy atom. The Kier molecular flexibility index (Phi) is 5.43. The second-order valence-electron chi connectivity index (χ2n) is 0.582. The fourth-order valence-corrected chi connectivity index (χ4v) is 0. The van der Waals surface area contributed by atoms with E-state index in [1.54, 1.807) is 0 Å². The van der Waals surface area contributed by atoms with E-state index in [2.05, 4.69) is 0 Å². The fraction of sp³-hybridized carbons (Fsp3) is 0. The number of rotatable bonds is 0.